The van der Waals surface area contributed by atoms with Gasteiger partial charge in [-0.15, -0.1) is 0 Å². The zero-order chi connectivity index (χ0) is 6.69. The van der Waals surface area contributed by atoms with Gasteiger partial charge in [-0.25, -0.2) is 0 Å². The molecule has 0 aromatic heterocycles. The summed E-state index contributed by atoms with van der Waals surface area (Å²) in [6, 6.07) is 0. The third-order valence-corrected chi connectivity index (χ3v) is 1.30. The summed E-state index contributed by atoms with van der Waals surface area (Å²) in [5, 5.41) is 8.45. The van der Waals surface area contributed by atoms with Crippen LogP contribution in [0, 0.1) is 5.92 Å². The molecule has 1 atom stereocenters. The van der Waals surface area contributed by atoms with Crippen molar-refractivity contribution in [1.82, 2.24) is 0 Å². The first-order valence-corrected chi connectivity index (χ1v) is 2.87. The van der Waals surface area contributed by atoms with Crippen LogP contribution in [0.2, 0.25) is 0 Å². The van der Waals surface area contributed by atoms with E-state index >= 15 is 0 Å². The zero-order valence-corrected chi connectivity index (χ0v) is 4.95. The third-order valence-electron chi connectivity index (χ3n) is 1.30. The molecule has 2 nitrogen and oxygen atoms in total. The molecular weight excluding hydrogens is 116 g/mol. The standard InChI is InChI=1S/C7H8O2/c8-7(9)6-4-2-1-3-5-6/h1-4,6H,5H2,(H,8,9)/t6-/m1/s1. The van der Waals surface area contributed by atoms with Crippen LogP contribution in [0.3, 0.4) is 0 Å². The van der Waals surface area contributed by atoms with Gasteiger partial charge in [0.05, 0.1) is 5.92 Å². The monoisotopic (exact) mass is 124 g/mol. The van der Waals surface area contributed by atoms with Crippen LogP contribution in [-0.4, -0.2) is 11.1 Å². The molecule has 9 heavy (non-hydrogen) atoms. The Morgan fingerprint density at radius 3 is 2.67 bits per heavy atom. The lowest BCUT2D eigenvalue weighted by Crippen LogP contribution is -2.10. The summed E-state index contributed by atoms with van der Waals surface area (Å²) in [4.78, 5) is 10.3. The van der Waals surface area contributed by atoms with Crippen LogP contribution < -0.4 is 0 Å². The summed E-state index contributed by atoms with van der Waals surface area (Å²) < 4.78 is 0. The molecule has 0 aromatic rings. The number of aliphatic carboxylic acids is 1. The molecule has 0 heterocycles. The summed E-state index contributed by atoms with van der Waals surface area (Å²) in [6.07, 6.45) is 7.81. The predicted octanol–water partition coefficient (Wildman–Crippen LogP) is 1.20. The summed E-state index contributed by atoms with van der Waals surface area (Å²) >= 11 is 0. The maximum absolute atomic E-state index is 10.3. The Bertz CT molecular complexity index is 168. The number of allylic oxidation sites excluding steroid dienone is 3. The largest absolute Gasteiger partial charge is 0.481 e. The molecule has 0 fully saturated rings. The molecule has 0 unspecified atom stereocenters. The predicted molar refractivity (Wildman–Crippen MR) is 34.0 cm³/mol. The van der Waals surface area contributed by atoms with Gasteiger partial charge in [0.25, 0.3) is 0 Å². The number of hydrogen-bond donors (Lipinski definition) is 1. The Balaban J connectivity index is 2.56. The van der Waals surface area contributed by atoms with Crippen LogP contribution >= 0.6 is 0 Å². The van der Waals surface area contributed by atoms with E-state index in [1.807, 2.05) is 12.2 Å². The van der Waals surface area contributed by atoms with E-state index < -0.39 is 5.97 Å². The fraction of sp³-hybridized carbons (Fsp3) is 0.286. The second kappa shape index (κ2) is 2.49. The van der Waals surface area contributed by atoms with Gasteiger partial charge in [0, 0.05) is 0 Å². The van der Waals surface area contributed by atoms with Crippen LogP contribution in [0.15, 0.2) is 24.3 Å². The van der Waals surface area contributed by atoms with Gasteiger partial charge < -0.3 is 5.11 Å². The average Bonchev–Trinajstić information content (AvgIpc) is 1.90. The van der Waals surface area contributed by atoms with E-state index in [1.165, 1.54) is 0 Å². The topological polar surface area (TPSA) is 37.3 Å². The Labute approximate surface area is 53.5 Å². The average molecular weight is 124 g/mol. The van der Waals surface area contributed by atoms with E-state index in [0.29, 0.717) is 6.42 Å². The van der Waals surface area contributed by atoms with Crippen LogP contribution in [-0.2, 0) is 4.79 Å². The molecule has 1 rings (SSSR count). The van der Waals surface area contributed by atoms with Gasteiger partial charge in [-0.3, -0.25) is 4.79 Å². The highest BCUT2D eigenvalue weighted by Gasteiger charge is 2.12. The summed E-state index contributed by atoms with van der Waals surface area (Å²) in [5.74, 6) is -1.04. The van der Waals surface area contributed by atoms with Gasteiger partial charge in [0.1, 0.15) is 0 Å². The lowest BCUT2D eigenvalue weighted by Gasteiger charge is -2.04. The molecule has 0 aliphatic heterocycles. The lowest BCUT2D eigenvalue weighted by molar-refractivity contribution is -0.139. The van der Waals surface area contributed by atoms with Crippen LogP contribution in [0.25, 0.3) is 0 Å². The van der Waals surface area contributed by atoms with Crippen molar-refractivity contribution in [1.29, 1.82) is 0 Å². The molecular formula is C7H8O2. The van der Waals surface area contributed by atoms with Gasteiger partial charge >= 0.3 is 5.97 Å². The van der Waals surface area contributed by atoms with Crippen molar-refractivity contribution >= 4 is 5.97 Å². The highest BCUT2D eigenvalue weighted by molar-refractivity contribution is 5.72. The first-order valence-electron chi connectivity index (χ1n) is 2.87. The maximum atomic E-state index is 10.3. The van der Waals surface area contributed by atoms with Crippen molar-refractivity contribution in [3.05, 3.63) is 24.3 Å². The smallest absolute Gasteiger partial charge is 0.310 e. The molecule has 0 saturated heterocycles. The molecule has 0 spiro atoms. The van der Waals surface area contributed by atoms with E-state index in [0.717, 1.165) is 0 Å². The van der Waals surface area contributed by atoms with E-state index in [-0.39, 0.29) is 5.92 Å². The Morgan fingerprint density at radius 2 is 2.33 bits per heavy atom. The molecule has 1 aliphatic carbocycles. The summed E-state index contributed by atoms with van der Waals surface area (Å²) in [6.45, 7) is 0. The van der Waals surface area contributed by atoms with Crippen LogP contribution in [0.4, 0.5) is 0 Å². The quantitative estimate of drug-likeness (QED) is 0.570. The molecule has 1 N–H and O–H groups in total. The fourth-order valence-corrected chi connectivity index (χ4v) is 0.764. The van der Waals surface area contributed by atoms with E-state index in [2.05, 4.69) is 0 Å². The van der Waals surface area contributed by atoms with Crippen LogP contribution in [0.5, 0.6) is 0 Å². The minimum atomic E-state index is -0.740. The highest BCUT2D eigenvalue weighted by Crippen LogP contribution is 2.10. The number of carboxylic acid groups (broad SMARTS) is 1. The van der Waals surface area contributed by atoms with Crippen molar-refractivity contribution in [2.24, 2.45) is 5.92 Å². The Hall–Kier alpha value is -1.05. The second-order valence-electron chi connectivity index (χ2n) is 1.99. The fourth-order valence-electron chi connectivity index (χ4n) is 0.764. The van der Waals surface area contributed by atoms with Gasteiger partial charge in [0.2, 0.25) is 0 Å². The third kappa shape index (κ3) is 1.42. The second-order valence-corrected chi connectivity index (χ2v) is 1.99. The Kier molecular flexibility index (Phi) is 1.68. The number of hydrogen-bond acceptors (Lipinski definition) is 1. The summed E-state index contributed by atoms with van der Waals surface area (Å²) in [7, 11) is 0. The number of carbonyl (C=O) groups is 1. The van der Waals surface area contributed by atoms with Crippen molar-refractivity contribution in [3.8, 4) is 0 Å². The van der Waals surface area contributed by atoms with Crippen LogP contribution in [0.1, 0.15) is 6.42 Å². The SMILES string of the molecule is O=C(O)[C@@H]1C=CC=CC1. The minimum Gasteiger partial charge on any atom is -0.481 e. The van der Waals surface area contributed by atoms with Gasteiger partial charge in [-0.1, -0.05) is 24.3 Å². The molecule has 2 heteroatoms. The lowest BCUT2D eigenvalue weighted by atomic mass is 10.0. The number of rotatable bonds is 1. The minimum absolute atomic E-state index is 0.296. The van der Waals surface area contributed by atoms with E-state index in [1.54, 1.807) is 12.2 Å². The zero-order valence-electron chi connectivity index (χ0n) is 4.95. The molecule has 0 amide bonds. The van der Waals surface area contributed by atoms with Crippen molar-refractivity contribution in [2.45, 2.75) is 6.42 Å². The summed E-state index contributed by atoms with van der Waals surface area (Å²) in [5.41, 5.74) is 0. The first-order chi connectivity index (χ1) is 4.30. The van der Waals surface area contributed by atoms with E-state index in [4.69, 9.17) is 5.11 Å². The molecule has 0 radical (unpaired) electrons. The maximum Gasteiger partial charge on any atom is 0.310 e. The molecule has 0 bridgehead atoms. The first kappa shape index (κ1) is 6.08. The van der Waals surface area contributed by atoms with Crippen molar-refractivity contribution in [3.63, 3.8) is 0 Å². The van der Waals surface area contributed by atoms with Gasteiger partial charge in [0.15, 0.2) is 0 Å². The van der Waals surface area contributed by atoms with Gasteiger partial charge in [-0.2, -0.15) is 0 Å². The van der Waals surface area contributed by atoms with Crippen molar-refractivity contribution < 1.29 is 9.90 Å². The number of carboxylic acids is 1. The molecule has 1 aliphatic rings. The molecule has 0 aromatic carbocycles. The molecule has 48 valence electrons. The Morgan fingerprint density at radius 1 is 1.56 bits per heavy atom. The normalized spacial score (nSPS) is 24.2. The van der Waals surface area contributed by atoms with E-state index in [9.17, 15) is 4.79 Å². The van der Waals surface area contributed by atoms with Gasteiger partial charge in [-0.05, 0) is 6.42 Å². The molecule has 0 saturated carbocycles. The highest BCUT2D eigenvalue weighted by atomic mass is 16.4. The van der Waals surface area contributed by atoms with Crippen molar-refractivity contribution in [2.75, 3.05) is 0 Å².